The molecule has 2 aromatic rings. The number of nitrogens with one attached hydrogen (secondary N) is 1. The highest BCUT2D eigenvalue weighted by atomic mass is 35.5. The van der Waals surface area contributed by atoms with Gasteiger partial charge in [0.25, 0.3) is 0 Å². The van der Waals surface area contributed by atoms with E-state index < -0.39 is 5.97 Å². The van der Waals surface area contributed by atoms with Crippen molar-refractivity contribution >= 4 is 46.3 Å². The van der Waals surface area contributed by atoms with E-state index in [1.54, 1.807) is 6.07 Å². The lowest BCUT2D eigenvalue weighted by atomic mass is 10.2. The minimum atomic E-state index is -0.912. The molecule has 1 aromatic carbocycles. The van der Waals surface area contributed by atoms with E-state index in [1.807, 2.05) is 16.7 Å². The third kappa shape index (κ3) is 2.71. The molecular weight excluding hydrogens is 314 g/mol. The first-order chi connectivity index (χ1) is 10.1. The summed E-state index contributed by atoms with van der Waals surface area (Å²) in [6.07, 6.45) is 0.360. The number of halogens is 1. The number of amides is 1. The smallest absolute Gasteiger partial charge is 0.313 e. The molecule has 0 saturated carbocycles. The molecule has 0 aliphatic carbocycles. The van der Waals surface area contributed by atoms with Crippen LogP contribution in [0.15, 0.2) is 23.4 Å². The number of para-hydroxylation sites is 1. The number of thioether (sulfide) groups is 1. The van der Waals surface area contributed by atoms with Crippen LogP contribution >= 0.6 is 23.4 Å². The molecule has 1 atom stereocenters. The minimum absolute atomic E-state index is 0.0157. The number of aromatic nitrogens is 2. The van der Waals surface area contributed by atoms with E-state index in [9.17, 15) is 9.59 Å². The summed E-state index contributed by atoms with van der Waals surface area (Å²) in [7, 11) is 0. The Hall–Kier alpha value is -1.73. The molecule has 1 aromatic heterocycles. The Morgan fingerprint density at radius 2 is 2.38 bits per heavy atom. The van der Waals surface area contributed by atoms with Gasteiger partial charge in [0.2, 0.25) is 5.91 Å². The van der Waals surface area contributed by atoms with Crippen LogP contribution in [0, 0.1) is 0 Å². The first-order valence-corrected chi connectivity index (χ1v) is 7.70. The van der Waals surface area contributed by atoms with Crippen LogP contribution in [0.4, 0.5) is 0 Å². The monoisotopic (exact) mass is 325 g/mol. The molecule has 3 rings (SSSR count). The molecule has 1 fully saturated rings. The summed E-state index contributed by atoms with van der Waals surface area (Å²) in [6.45, 7) is 0.511. The lowest BCUT2D eigenvalue weighted by Gasteiger charge is -2.14. The summed E-state index contributed by atoms with van der Waals surface area (Å²) in [4.78, 5) is 26.7. The lowest BCUT2D eigenvalue weighted by molar-refractivity contribution is -0.134. The van der Waals surface area contributed by atoms with E-state index in [0.29, 0.717) is 28.7 Å². The number of carbonyl (C=O) groups excluding carboxylic acids is 1. The van der Waals surface area contributed by atoms with Crippen LogP contribution in [0.2, 0.25) is 5.02 Å². The Kier molecular flexibility index (Phi) is 3.77. The molecule has 0 radical (unpaired) electrons. The minimum Gasteiger partial charge on any atom is -0.481 e. The van der Waals surface area contributed by atoms with Gasteiger partial charge in [0.1, 0.15) is 5.52 Å². The molecule has 1 aliphatic heterocycles. The molecule has 0 spiro atoms. The van der Waals surface area contributed by atoms with Gasteiger partial charge in [-0.2, -0.15) is 0 Å². The molecule has 1 unspecified atom stereocenters. The van der Waals surface area contributed by atoms with Gasteiger partial charge in [0.15, 0.2) is 5.16 Å². The topological polar surface area (TPSA) is 84.2 Å². The van der Waals surface area contributed by atoms with Crippen molar-refractivity contribution in [2.24, 2.45) is 0 Å². The van der Waals surface area contributed by atoms with E-state index >= 15 is 0 Å². The number of rotatable bonds is 4. The number of aliphatic carboxylic acids is 1. The van der Waals surface area contributed by atoms with Crippen LogP contribution in [0.25, 0.3) is 11.0 Å². The predicted molar refractivity (Wildman–Crippen MR) is 79.8 cm³/mol. The maximum atomic E-state index is 11.5. The second kappa shape index (κ2) is 5.57. The first kappa shape index (κ1) is 14.2. The SMILES string of the molecule is O=C(O)CSc1nc2c(Cl)cccc2n1C1CNC(=O)C1. The molecule has 8 heteroatoms. The van der Waals surface area contributed by atoms with Crippen LogP contribution in [-0.4, -0.2) is 38.8 Å². The van der Waals surface area contributed by atoms with Crippen molar-refractivity contribution in [3.63, 3.8) is 0 Å². The fourth-order valence-electron chi connectivity index (χ4n) is 2.42. The van der Waals surface area contributed by atoms with Crippen molar-refractivity contribution in [2.45, 2.75) is 17.6 Å². The summed E-state index contributed by atoms with van der Waals surface area (Å²) < 4.78 is 1.91. The van der Waals surface area contributed by atoms with Crippen LogP contribution in [0.1, 0.15) is 12.5 Å². The van der Waals surface area contributed by atoms with Crippen LogP contribution in [0.5, 0.6) is 0 Å². The molecule has 1 aliphatic rings. The molecule has 6 nitrogen and oxygen atoms in total. The number of hydrogen-bond donors (Lipinski definition) is 2. The van der Waals surface area contributed by atoms with Gasteiger partial charge in [-0.25, -0.2) is 4.98 Å². The maximum absolute atomic E-state index is 11.5. The Labute approximate surface area is 129 Å². The van der Waals surface area contributed by atoms with Crippen molar-refractivity contribution in [3.8, 4) is 0 Å². The molecule has 1 saturated heterocycles. The average molecular weight is 326 g/mol. The quantitative estimate of drug-likeness (QED) is 0.839. The number of imidazole rings is 1. The van der Waals surface area contributed by atoms with E-state index in [0.717, 1.165) is 17.3 Å². The Balaban J connectivity index is 2.08. The number of benzene rings is 1. The molecule has 0 bridgehead atoms. The fraction of sp³-hybridized carbons (Fsp3) is 0.308. The summed E-state index contributed by atoms with van der Waals surface area (Å²) in [6, 6.07) is 5.36. The highest BCUT2D eigenvalue weighted by Crippen LogP contribution is 2.33. The van der Waals surface area contributed by atoms with Gasteiger partial charge in [0.05, 0.1) is 22.3 Å². The standard InChI is InChI=1S/C13H12ClN3O3S/c14-8-2-1-3-9-12(8)16-13(21-6-11(19)20)17(9)7-4-10(18)15-5-7/h1-3,7H,4-6H2,(H,15,18)(H,19,20). The molecule has 110 valence electrons. The zero-order valence-electron chi connectivity index (χ0n) is 10.9. The largest absolute Gasteiger partial charge is 0.481 e. The van der Waals surface area contributed by atoms with E-state index in [-0.39, 0.29) is 17.7 Å². The second-order valence-electron chi connectivity index (χ2n) is 4.72. The lowest BCUT2D eigenvalue weighted by Crippen LogP contribution is -2.16. The normalized spacial score (nSPS) is 18.1. The van der Waals surface area contributed by atoms with Crippen molar-refractivity contribution < 1.29 is 14.7 Å². The summed E-state index contributed by atoms with van der Waals surface area (Å²) in [5, 5.41) is 12.7. The van der Waals surface area contributed by atoms with Crippen LogP contribution in [-0.2, 0) is 9.59 Å². The number of fused-ring (bicyclic) bond motifs is 1. The molecule has 1 amide bonds. The molecule has 2 N–H and O–H groups in total. The van der Waals surface area contributed by atoms with Crippen molar-refractivity contribution in [1.82, 2.24) is 14.9 Å². The number of nitrogens with zero attached hydrogens (tertiary/aromatic N) is 2. The zero-order valence-corrected chi connectivity index (χ0v) is 12.4. The maximum Gasteiger partial charge on any atom is 0.313 e. The summed E-state index contributed by atoms with van der Waals surface area (Å²) in [5.74, 6) is -1.02. The first-order valence-electron chi connectivity index (χ1n) is 6.34. The summed E-state index contributed by atoms with van der Waals surface area (Å²) in [5.41, 5.74) is 1.45. The van der Waals surface area contributed by atoms with Crippen molar-refractivity contribution in [3.05, 3.63) is 23.2 Å². The third-order valence-corrected chi connectivity index (χ3v) is 4.53. The van der Waals surface area contributed by atoms with Gasteiger partial charge in [-0.3, -0.25) is 9.59 Å². The van der Waals surface area contributed by atoms with E-state index in [2.05, 4.69) is 10.3 Å². The third-order valence-electron chi connectivity index (χ3n) is 3.28. The predicted octanol–water partition coefficient (Wildman–Crippen LogP) is 1.93. The number of carboxylic acids is 1. The van der Waals surface area contributed by atoms with Gasteiger partial charge in [0, 0.05) is 13.0 Å². The molecule has 2 heterocycles. The number of carbonyl (C=O) groups is 2. The summed E-state index contributed by atoms with van der Waals surface area (Å²) >= 11 is 7.29. The number of carboxylic acid groups (broad SMARTS) is 1. The van der Waals surface area contributed by atoms with Gasteiger partial charge in [-0.05, 0) is 12.1 Å². The van der Waals surface area contributed by atoms with Crippen LogP contribution < -0.4 is 5.32 Å². The van der Waals surface area contributed by atoms with Gasteiger partial charge in [-0.1, -0.05) is 29.4 Å². The van der Waals surface area contributed by atoms with Crippen LogP contribution in [0.3, 0.4) is 0 Å². The van der Waals surface area contributed by atoms with Crippen molar-refractivity contribution in [2.75, 3.05) is 12.3 Å². The fourth-order valence-corrected chi connectivity index (χ4v) is 3.42. The Morgan fingerprint density at radius 1 is 1.57 bits per heavy atom. The number of hydrogen-bond acceptors (Lipinski definition) is 4. The van der Waals surface area contributed by atoms with E-state index in [1.165, 1.54) is 0 Å². The molecular formula is C13H12ClN3O3S. The highest BCUT2D eigenvalue weighted by molar-refractivity contribution is 7.99. The average Bonchev–Trinajstić information content (AvgIpc) is 3.00. The Bertz CT molecular complexity index is 731. The molecule has 21 heavy (non-hydrogen) atoms. The Morgan fingerprint density at radius 3 is 3.05 bits per heavy atom. The van der Waals surface area contributed by atoms with Gasteiger partial charge < -0.3 is 15.0 Å². The highest BCUT2D eigenvalue weighted by Gasteiger charge is 2.27. The van der Waals surface area contributed by atoms with Gasteiger partial charge in [-0.15, -0.1) is 0 Å². The zero-order chi connectivity index (χ0) is 15.0. The second-order valence-corrected chi connectivity index (χ2v) is 6.07. The van der Waals surface area contributed by atoms with E-state index in [4.69, 9.17) is 16.7 Å². The van der Waals surface area contributed by atoms with Gasteiger partial charge >= 0.3 is 5.97 Å². The van der Waals surface area contributed by atoms with Crippen molar-refractivity contribution in [1.29, 1.82) is 0 Å².